The van der Waals surface area contributed by atoms with Gasteiger partial charge in [-0.05, 0) is 42.7 Å². The fraction of sp³-hybridized carbons (Fsp3) is 0.357. The third-order valence-electron chi connectivity index (χ3n) is 7.41. The minimum atomic E-state index is -4.58. The quantitative estimate of drug-likeness (QED) is 0.323. The molecule has 4 heterocycles. The normalized spacial score (nSPS) is 18.1. The van der Waals surface area contributed by atoms with Crippen LogP contribution in [0.1, 0.15) is 29.2 Å². The Balaban J connectivity index is 1.46. The minimum Gasteiger partial charge on any atom is -0.468 e. The number of anilines is 1. The van der Waals surface area contributed by atoms with Crippen molar-refractivity contribution in [2.24, 2.45) is 0 Å². The number of benzene rings is 2. The zero-order valence-corrected chi connectivity index (χ0v) is 21.1. The van der Waals surface area contributed by atoms with Crippen LogP contribution in [0.4, 0.5) is 23.2 Å². The van der Waals surface area contributed by atoms with Crippen molar-refractivity contribution in [2.45, 2.75) is 38.2 Å². The Labute approximate surface area is 221 Å². The SMILES string of the molecule is Cc1cccc(F)c1N1CCC(n2c(=O)n(Cc3ccccc3C(F)(F)F)c3c(OC4COC4)nccc32)C1. The van der Waals surface area contributed by atoms with Gasteiger partial charge < -0.3 is 14.4 Å². The molecular weight excluding hydrogens is 516 g/mol. The molecule has 204 valence electrons. The first kappa shape index (κ1) is 25.4. The second-order valence-corrected chi connectivity index (χ2v) is 9.95. The van der Waals surface area contributed by atoms with E-state index in [1.165, 1.54) is 35.0 Å². The van der Waals surface area contributed by atoms with Gasteiger partial charge >= 0.3 is 11.9 Å². The maximum Gasteiger partial charge on any atom is 0.416 e. The third-order valence-corrected chi connectivity index (χ3v) is 7.41. The third kappa shape index (κ3) is 4.54. The number of para-hydroxylation sites is 1. The summed E-state index contributed by atoms with van der Waals surface area (Å²) in [6.07, 6.45) is -2.76. The number of fused-ring (bicyclic) bond motifs is 1. The molecule has 0 saturated carbocycles. The Morgan fingerprint density at radius 1 is 1.10 bits per heavy atom. The number of nitrogens with zero attached hydrogens (tertiary/aromatic N) is 4. The lowest BCUT2D eigenvalue weighted by Crippen LogP contribution is -2.38. The Kier molecular flexibility index (Phi) is 6.33. The molecule has 7 nitrogen and oxygen atoms in total. The number of ether oxygens (including phenoxy) is 2. The van der Waals surface area contributed by atoms with Gasteiger partial charge in [-0.3, -0.25) is 9.13 Å². The van der Waals surface area contributed by atoms with E-state index in [0.717, 1.165) is 11.6 Å². The predicted octanol–water partition coefficient (Wildman–Crippen LogP) is 4.94. The maximum atomic E-state index is 14.7. The fourth-order valence-corrected chi connectivity index (χ4v) is 5.51. The topological polar surface area (TPSA) is 61.5 Å². The van der Waals surface area contributed by atoms with Gasteiger partial charge in [0.1, 0.15) is 17.4 Å². The van der Waals surface area contributed by atoms with Crippen LogP contribution >= 0.6 is 0 Å². The molecule has 39 heavy (non-hydrogen) atoms. The summed E-state index contributed by atoms with van der Waals surface area (Å²) in [6, 6.07) is 11.4. The molecular formula is C28H26F4N4O3. The molecule has 2 fully saturated rings. The van der Waals surface area contributed by atoms with Crippen LogP contribution in [-0.4, -0.2) is 46.5 Å². The van der Waals surface area contributed by atoms with Gasteiger partial charge in [0.15, 0.2) is 0 Å². The summed E-state index contributed by atoms with van der Waals surface area (Å²) >= 11 is 0. The lowest BCUT2D eigenvalue weighted by Gasteiger charge is -2.26. The predicted molar refractivity (Wildman–Crippen MR) is 137 cm³/mol. The van der Waals surface area contributed by atoms with Crippen molar-refractivity contribution >= 4 is 16.7 Å². The molecule has 2 saturated heterocycles. The number of rotatable bonds is 6. The van der Waals surface area contributed by atoms with Gasteiger partial charge in [0, 0.05) is 19.3 Å². The van der Waals surface area contributed by atoms with E-state index in [-0.39, 0.29) is 36.0 Å². The number of halogens is 4. The van der Waals surface area contributed by atoms with E-state index in [0.29, 0.717) is 49.4 Å². The highest BCUT2D eigenvalue weighted by atomic mass is 19.4. The first-order chi connectivity index (χ1) is 18.7. The minimum absolute atomic E-state index is 0.0389. The lowest BCUT2D eigenvalue weighted by atomic mass is 10.1. The Bertz CT molecular complexity index is 1570. The molecule has 2 aliphatic heterocycles. The summed E-state index contributed by atoms with van der Waals surface area (Å²) < 4.78 is 70.2. The zero-order chi connectivity index (χ0) is 27.3. The molecule has 0 bridgehead atoms. The fourth-order valence-electron chi connectivity index (χ4n) is 5.51. The van der Waals surface area contributed by atoms with Crippen LogP contribution in [0.2, 0.25) is 0 Å². The van der Waals surface area contributed by atoms with E-state index in [1.807, 2.05) is 17.9 Å². The van der Waals surface area contributed by atoms with Crippen molar-refractivity contribution in [1.29, 1.82) is 0 Å². The molecule has 11 heteroatoms. The average Bonchev–Trinajstić information content (AvgIpc) is 3.44. The van der Waals surface area contributed by atoms with Crippen LogP contribution in [0.15, 0.2) is 59.5 Å². The first-order valence-electron chi connectivity index (χ1n) is 12.7. The van der Waals surface area contributed by atoms with Crippen LogP contribution in [0.5, 0.6) is 5.88 Å². The summed E-state index contributed by atoms with van der Waals surface area (Å²) in [5, 5.41) is 0. The largest absolute Gasteiger partial charge is 0.468 e. The van der Waals surface area contributed by atoms with Crippen molar-refractivity contribution in [3.63, 3.8) is 0 Å². The second-order valence-electron chi connectivity index (χ2n) is 9.95. The summed E-state index contributed by atoms with van der Waals surface area (Å²) in [6.45, 7) is 3.13. The molecule has 6 rings (SSSR count). The van der Waals surface area contributed by atoms with E-state index in [9.17, 15) is 22.4 Å². The summed E-state index contributed by atoms with van der Waals surface area (Å²) in [5.41, 5.74) is 0.797. The van der Waals surface area contributed by atoms with E-state index in [1.54, 1.807) is 16.7 Å². The number of aromatic nitrogens is 3. The van der Waals surface area contributed by atoms with Crippen LogP contribution in [0.3, 0.4) is 0 Å². The Hall–Kier alpha value is -3.86. The number of aryl methyl sites for hydroxylation is 1. The highest BCUT2D eigenvalue weighted by molar-refractivity contribution is 5.81. The van der Waals surface area contributed by atoms with Crippen LogP contribution in [0.25, 0.3) is 11.0 Å². The molecule has 0 spiro atoms. The number of hydrogen-bond donors (Lipinski definition) is 0. The van der Waals surface area contributed by atoms with Gasteiger partial charge in [-0.25, -0.2) is 14.2 Å². The van der Waals surface area contributed by atoms with Crippen molar-refractivity contribution < 1.29 is 27.0 Å². The Morgan fingerprint density at radius 3 is 2.62 bits per heavy atom. The molecule has 2 aliphatic rings. The van der Waals surface area contributed by atoms with Gasteiger partial charge in [0.05, 0.1) is 42.6 Å². The highest BCUT2D eigenvalue weighted by Crippen LogP contribution is 2.36. The van der Waals surface area contributed by atoms with Crippen LogP contribution < -0.4 is 15.3 Å². The van der Waals surface area contributed by atoms with E-state index >= 15 is 0 Å². The smallest absolute Gasteiger partial charge is 0.416 e. The molecule has 2 aromatic heterocycles. The van der Waals surface area contributed by atoms with Crippen molar-refractivity contribution in [3.8, 4) is 5.88 Å². The van der Waals surface area contributed by atoms with Crippen molar-refractivity contribution in [3.05, 3.63) is 87.7 Å². The number of alkyl halides is 3. The standard InChI is InChI=1S/C28H26F4N4O3/c1-17-5-4-8-22(29)24(17)34-12-10-19(14-34)36-23-9-11-33-26(39-20-15-38-16-20)25(23)35(27(36)37)13-18-6-2-3-7-21(18)28(30,31)32/h2-9,11,19-20H,10,12-16H2,1H3. The molecule has 1 unspecified atom stereocenters. The van der Waals surface area contributed by atoms with Crippen molar-refractivity contribution in [1.82, 2.24) is 14.1 Å². The van der Waals surface area contributed by atoms with Gasteiger partial charge in [-0.2, -0.15) is 13.2 Å². The average molecular weight is 543 g/mol. The number of pyridine rings is 1. The number of imidazole rings is 1. The second kappa shape index (κ2) is 9.71. The molecule has 4 aromatic rings. The Morgan fingerprint density at radius 2 is 1.90 bits per heavy atom. The summed E-state index contributed by atoms with van der Waals surface area (Å²) in [4.78, 5) is 20.2. The van der Waals surface area contributed by atoms with E-state index in [4.69, 9.17) is 9.47 Å². The van der Waals surface area contributed by atoms with Gasteiger partial charge in [0.2, 0.25) is 5.88 Å². The van der Waals surface area contributed by atoms with Gasteiger partial charge in [-0.15, -0.1) is 0 Å². The maximum absolute atomic E-state index is 14.7. The zero-order valence-electron chi connectivity index (χ0n) is 21.1. The molecule has 1 atom stereocenters. The van der Waals surface area contributed by atoms with Crippen LogP contribution in [0, 0.1) is 12.7 Å². The lowest BCUT2D eigenvalue weighted by molar-refractivity contribution is -0.138. The van der Waals surface area contributed by atoms with Crippen LogP contribution in [-0.2, 0) is 17.5 Å². The highest BCUT2D eigenvalue weighted by Gasteiger charge is 2.35. The van der Waals surface area contributed by atoms with Gasteiger partial charge in [-0.1, -0.05) is 30.3 Å². The summed E-state index contributed by atoms with van der Waals surface area (Å²) in [5.74, 6) is -0.169. The monoisotopic (exact) mass is 542 g/mol. The number of hydrogen-bond acceptors (Lipinski definition) is 5. The first-order valence-corrected chi connectivity index (χ1v) is 12.7. The molecule has 2 aromatic carbocycles. The molecule has 0 N–H and O–H groups in total. The van der Waals surface area contributed by atoms with Gasteiger partial charge in [0.25, 0.3) is 0 Å². The van der Waals surface area contributed by atoms with Crippen molar-refractivity contribution in [2.75, 3.05) is 31.2 Å². The molecule has 0 aliphatic carbocycles. The summed E-state index contributed by atoms with van der Waals surface area (Å²) in [7, 11) is 0. The van der Waals surface area contributed by atoms with E-state index in [2.05, 4.69) is 4.98 Å². The molecule has 0 radical (unpaired) electrons. The van der Waals surface area contributed by atoms with E-state index < -0.39 is 17.4 Å². The molecule has 0 amide bonds.